The molecule has 0 spiro atoms. The molecule has 7 nitrogen and oxygen atoms in total. The van der Waals surface area contributed by atoms with E-state index in [1.807, 2.05) is 0 Å². The molecule has 1 amide bonds. The van der Waals surface area contributed by atoms with Crippen molar-refractivity contribution in [3.63, 3.8) is 0 Å². The smallest absolute Gasteiger partial charge is 0.295 e. The van der Waals surface area contributed by atoms with Gasteiger partial charge in [0.2, 0.25) is 0 Å². The van der Waals surface area contributed by atoms with Crippen LogP contribution in [0.3, 0.4) is 0 Å². The Labute approximate surface area is 180 Å². The number of hydrogen-bond donors (Lipinski definition) is 2. The summed E-state index contributed by atoms with van der Waals surface area (Å²) in [6.45, 7) is 7.68. The zero-order chi connectivity index (χ0) is 22.5. The van der Waals surface area contributed by atoms with Crippen LogP contribution in [0.1, 0.15) is 17.2 Å². The molecule has 1 heterocycles. The van der Waals surface area contributed by atoms with Gasteiger partial charge in [0.05, 0.1) is 18.7 Å². The molecule has 0 bridgehead atoms. The SMILES string of the molecule is C=CCOc1ccc(C(O)=C2C(=O)C(=O)N(CC=C)C2c2ccc(O)c(OC)c2)cc1. The molecule has 0 aromatic heterocycles. The molecule has 1 atom stereocenters. The van der Waals surface area contributed by atoms with Gasteiger partial charge in [0.25, 0.3) is 11.7 Å². The third-order valence-electron chi connectivity index (χ3n) is 4.88. The minimum absolute atomic E-state index is 0.0562. The lowest BCUT2D eigenvalue weighted by atomic mass is 9.95. The normalized spacial score (nSPS) is 17.5. The largest absolute Gasteiger partial charge is 0.507 e. The molecular weight excluding hydrogens is 398 g/mol. The fourth-order valence-electron chi connectivity index (χ4n) is 3.44. The number of likely N-dealkylation sites (tertiary alicyclic amines) is 1. The fraction of sp³-hybridized carbons (Fsp3) is 0.167. The minimum atomic E-state index is -0.871. The van der Waals surface area contributed by atoms with Crippen LogP contribution < -0.4 is 9.47 Å². The summed E-state index contributed by atoms with van der Waals surface area (Å²) in [6, 6.07) is 10.1. The van der Waals surface area contributed by atoms with E-state index in [4.69, 9.17) is 9.47 Å². The number of ether oxygens (including phenoxy) is 2. The number of carbonyl (C=O) groups is 2. The van der Waals surface area contributed by atoms with Gasteiger partial charge in [-0.3, -0.25) is 9.59 Å². The van der Waals surface area contributed by atoms with Crippen molar-refractivity contribution in [1.29, 1.82) is 0 Å². The van der Waals surface area contributed by atoms with E-state index in [-0.39, 0.29) is 29.4 Å². The van der Waals surface area contributed by atoms with Crippen molar-refractivity contribution in [3.8, 4) is 17.2 Å². The van der Waals surface area contributed by atoms with E-state index < -0.39 is 17.7 Å². The highest BCUT2D eigenvalue weighted by atomic mass is 16.5. The Morgan fingerprint density at radius 1 is 1.13 bits per heavy atom. The lowest BCUT2D eigenvalue weighted by Crippen LogP contribution is -2.29. The Kier molecular flexibility index (Phi) is 6.45. The first kappa shape index (κ1) is 21.7. The Morgan fingerprint density at radius 2 is 1.84 bits per heavy atom. The van der Waals surface area contributed by atoms with Gasteiger partial charge in [-0.15, -0.1) is 6.58 Å². The number of aromatic hydroxyl groups is 1. The van der Waals surface area contributed by atoms with E-state index in [1.165, 1.54) is 30.2 Å². The Bertz CT molecular complexity index is 1050. The van der Waals surface area contributed by atoms with Crippen LogP contribution in [0, 0.1) is 0 Å². The van der Waals surface area contributed by atoms with Crippen LogP contribution in [0.15, 0.2) is 73.3 Å². The Balaban J connectivity index is 2.12. The lowest BCUT2D eigenvalue weighted by Gasteiger charge is -2.24. The predicted molar refractivity (Wildman–Crippen MR) is 116 cm³/mol. The molecule has 1 saturated heterocycles. The molecule has 0 aliphatic carbocycles. The number of ketones is 1. The molecule has 0 saturated carbocycles. The summed E-state index contributed by atoms with van der Waals surface area (Å²) in [4.78, 5) is 26.9. The highest BCUT2D eigenvalue weighted by Gasteiger charge is 2.45. The van der Waals surface area contributed by atoms with Gasteiger partial charge in [0, 0.05) is 12.1 Å². The Morgan fingerprint density at radius 3 is 2.45 bits per heavy atom. The molecule has 2 aromatic rings. The summed E-state index contributed by atoms with van der Waals surface area (Å²) in [6.07, 6.45) is 3.11. The number of hydrogen-bond acceptors (Lipinski definition) is 6. The number of aliphatic hydroxyl groups is 1. The number of benzene rings is 2. The van der Waals surface area contributed by atoms with Crippen molar-refractivity contribution >= 4 is 17.4 Å². The van der Waals surface area contributed by atoms with Gasteiger partial charge >= 0.3 is 0 Å². The first-order chi connectivity index (χ1) is 14.9. The van der Waals surface area contributed by atoms with Crippen molar-refractivity contribution in [1.82, 2.24) is 4.90 Å². The van der Waals surface area contributed by atoms with E-state index in [0.29, 0.717) is 23.5 Å². The van der Waals surface area contributed by atoms with Crippen LogP contribution in [0.25, 0.3) is 5.76 Å². The molecule has 2 aromatic carbocycles. The minimum Gasteiger partial charge on any atom is -0.507 e. The van der Waals surface area contributed by atoms with Gasteiger partial charge in [-0.1, -0.05) is 24.8 Å². The standard InChI is InChI=1S/C24H23NO6/c1-4-12-25-21(16-8-11-18(26)19(14-16)30-3)20(23(28)24(25)29)22(27)15-6-9-17(10-7-15)31-13-5-2/h4-11,14,21,26-27H,1-2,12-13H2,3H3. The van der Waals surface area contributed by atoms with Crippen molar-refractivity contribution in [2.75, 3.05) is 20.3 Å². The molecule has 1 aliphatic heterocycles. The number of nitrogens with zero attached hydrogens (tertiary/aromatic N) is 1. The zero-order valence-corrected chi connectivity index (χ0v) is 17.1. The summed E-state index contributed by atoms with van der Waals surface area (Å²) in [5.41, 5.74) is 0.806. The van der Waals surface area contributed by atoms with Crippen LogP contribution in [-0.4, -0.2) is 47.1 Å². The molecule has 2 N–H and O–H groups in total. The average molecular weight is 421 g/mol. The van der Waals surface area contributed by atoms with E-state index in [1.54, 1.807) is 36.4 Å². The number of phenolic OH excluding ortho intramolecular Hbond substituents is 1. The lowest BCUT2D eigenvalue weighted by molar-refractivity contribution is -0.139. The number of methoxy groups -OCH3 is 1. The predicted octanol–water partition coefficient (Wildman–Crippen LogP) is 3.57. The highest BCUT2D eigenvalue weighted by molar-refractivity contribution is 6.46. The maximum atomic E-state index is 12.9. The molecule has 7 heteroatoms. The van der Waals surface area contributed by atoms with Crippen LogP contribution in [-0.2, 0) is 9.59 Å². The topological polar surface area (TPSA) is 96.3 Å². The van der Waals surface area contributed by atoms with E-state index in [9.17, 15) is 19.8 Å². The summed E-state index contributed by atoms with van der Waals surface area (Å²) in [5.74, 6) is -1.18. The number of amides is 1. The van der Waals surface area contributed by atoms with Gasteiger partial charge in [-0.2, -0.15) is 0 Å². The molecule has 3 rings (SSSR count). The van der Waals surface area contributed by atoms with Crippen LogP contribution >= 0.6 is 0 Å². The van der Waals surface area contributed by atoms with Crippen molar-refractivity contribution in [2.45, 2.75) is 6.04 Å². The molecular formula is C24H23NO6. The highest BCUT2D eigenvalue weighted by Crippen LogP contribution is 2.41. The monoisotopic (exact) mass is 421 g/mol. The third-order valence-corrected chi connectivity index (χ3v) is 4.88. The quantitative estimate of drug-likeness (QED) is 0.293. The third kappa shape index (κ3) is 4.16. The second kappa shape index (κ2) is 9.21. The van der Waals surface area contributed by atoms with Crippen LogP contribution in [0.5, 0.6) is 17.2 Å². The summed E-state index contributed by atoms with van der Waals surface area (Å²) >= 11 is 0. The molecule has 0 radical (unpaired) electrons. The first-order valence-corrected chi connectivity index (χ1v) is 9.53. The molecule has 160 valence electrons. The summed E-state index contributed by atoms with van der Waals surface area (Å²) in [7, 11) is 1.40. The zero-order valence-electron chi connectivity index (χ0n) is 17.1. The number of aliphatic hydroxyl groups excluding tert-OH is 1. The summed E-state index contributed by atoms with van der Waals surface area (Å²) < 4.78 is 10.6. The van der Waals surface area contributed by atoms with Crippen LogP contribution in [0.2, 0.25) is 0 Å². The molecule has 1 fully saturated rings. The molecule has 1 unspecified atom stereocenters. The maximum absolute atomic E-state index is 12.9. The van der Waals surface area contributed by atoms with Crippen LogP contribution in [0.4, 0.5) is 0 Å². The first-order valence-electron chi connectivity index (χ1n) is 9.53. The number of carbonyl (C=O) groups excluding carboxylic acids is 2. The number of rotatable bonds is 8. The van der Waals surface area contributed by atoms with Crippen molar-refractivity contribution in [2.24, 2.45) is 0 Å². The van der Waals surface area contributed by atoms with Gasteiger partial charge in [0.15, 0.2) is 11.5 Å². The average Bonchev–Trinajstić information content (AvgIpc) is 3.03. The van der Waals surface area contributed by atoms with Crippen molar-refractivity contribution in [3.05, 3.63) is 84.5 Å². The summed E-state index contributed by atoms with van der Waals surface area (Å²) in [5, 5.41) is 20.9. The van der Waals surface area contributed by atoms with E-state index in [0.717, 1.165) is 0 Å². The molecule has 1 aliphatic rings. The van der Waals surface area contributed by atoms with Gasteiger partial charge < -0.3 is 24.6 Å². The number of Topliss-reactive ketones (excluding diaryl/α,β-unsaturated/α-hetero) is 1. The van der Waals surface area contributed by atoms with E-state index >= 15 is 0 Å². The van der Waals surface area contributed by atoms with Gasteiger partial charge in [-0.25, -0.2) is 0 Å². The van der Waals surface area contributed by atoms with E-state index in [2.05, 4.69) is 13.2 Å². The second-order valence-corrected chi connectivity index (χ2v) is 6.80. The maximum Gasteiger partial charge on any atom is 0.295 e. The Hall–Kier alpha value is -4.00. The van der Waals surface area contributed by atoms with Gasteiger partial charge in [0.1, 0.15) is 18.1 Å². The second-order valence-electron chi connectivity index (χ2n) is 6.80. The fourth-order valence-corrected chi connectivity index (χ4v) is 3.44. The van der Waals surface area contributed by atoms with Gasteiger partial charge in [-0.05, 0) is 42.0 Å². The molecule has 31 heavy (non-hydrogen) atoms. The number of phenols is 1. The van der Waals surface area contributed by atoms with Crippen molar-refractivity contribution < 1.29 is 29.3 Å².